The van der Waals surface area contributed by atoms with Gasteiger partial charge in [-0.3, -0.25) is 4.79 Å². The summed E-state index contributed by atoms with van der Waals surface area (Å²) in [6, 6.07) is 5.71. The molecule has 1 unspecified atom stereocenters. The van der Waals surface area contributed by atoms with Crippen LogP contribution in [0.15, 0.2) is 35.0 Å². The van der Waals surface area contributed by atoms with Crippen molar-refractivity contribution in [2.75, 3.05) is 7.11 Å². The number of aromatic nitrogens is 1. The largest absolute Gasteiger partial charge is 0.368 e. The predicted molar refractivity (Wildman–Crippen MR) is 73.2 cm³/mol. The van der Waals surface area contributed by atoms with Crippen LogP contribution >= 0.6 is 15.9 Å². The molecular weight excluding hydrogens is 294 g/mol. The molecule has 1 atom stereocenters. The average molecular weight is 310 g/mol. The monoisotopic (exact) mass is 309 g/mol. The van der Waals surface area contributed by atoms with E-state index in [2.05, 4.69) is 20.9 Å². The first-order valence-corrected chi connectivity index (χ1v) is 6.61. The minimum Gasteiger partial charge on any atom is -0.368 e. The summed E-state index contributed by atoms with van der Waals surface area (Å²) in [4.78, 5) is 16.3. The van der Waals surface area contributed by atoms with Crippen molar-refractivity contribution in [1.29, 1.82) is 0 Å². The first-order valence-electron chi connectivity index (χ1n) is 5.81. The highest BCUT2D eigenvalue weighted by Crippen LogP contribution is 2.42. The van der Waals surface area contributed by atoms with Crippen LogP contribution in [0, 0.1) is 5.41 Å². The molecule has 2 rings (SSSR count). The van der Waals surface area contributed by atoms with Gasteiger partial charge < -0.3 is 4.74 Å². The number of carbonyl (C=O) groups excluding carboxylic acids is 1. The molecule has 0 bridgehead atoms. The van der Waals surface area contributed by atoms with Gasteiger partial charge in [0.2, 0.25) is 0 Å². The lowest BCUT2D eigenvalue weighted by atomic mass is 9.71. The van der Waals surface area contributed by atoms with E-state index in [1.807, 2.05) is 38.1 Å². The normalized spacial score (nSPS) is 26.3. The van der Waals surface area contributed by atoms with E-state index in [0.29, 0.717) is 6.42 Å². The molecule has 0 N–H and O–H groups in total. The van der Waals surface area contributed by atoms with E-state index in [1.54, 1.807) is 13.2 Å². The van der Waals surface area contributed by atoms with E-state index in [1.165, 1.54) is 0 Å². The predicted octanol–water partition coefficient (Wildman–Crippen LogP) is 3.24. The molecule has 1 aromatic rings. The lowest BCUT2D eigenvalue weighted by molar-refractivity contribution is -0.128. The fourth-order valence-electron chi connectivity index (χ4n) is 2.30. The summed E-state index contributed by atoms with van der Waals surface area (Å²) in [6.07, 6.45) is 4.01. The summed E-state index contributed by atoms with van der Waals surface area (Å²) < 4.78 is 6.44. The summed E-state index contributed by atoms with van der Waals surface area (Å²) in [5.41, 5.74) is -0.244. The van der Waals surface area contributed by atoms with E-state index in [-0.39, 0.29) is 5.78 Å². The first-order chi connectivity index (χ1) is 8.39. The zero-order chi connectivity index (χ0) is 13.4. The molecule has 0 radical (unpaired) electrons. The van der Waals surface area contributed by atoms with Gasteiger partial charge in [0, 0.05) is 12.5 Å². The average Bonchev–Trinajstić information content (AvgIpc) is 2.33. The lowest BCUT2D eigenvalue weighted by Crippen LogP contribution is -2.40. The van der Waals surface area contributed by atoms with Crippen molar-refractivity contribution in [1.82, 2.24) is 4.98 Å². The van der Waals surface area contributed by atoms with Gasteiger partial charge in [-0.05, 0) is 46.6 Å². The van der Waals surface area contributed by atoms with Crippen molar-refractivity contribution in [3.05, 3.63) is 40.6 Å². The van der Waals surface area contributed by atoms with Gasteiger partial charge in [-0.2, -0.15) is 0 Å². The number of rotatable bonds is 2. The van der Waals surface area contributed by atoms with Gasteiger partial charge in [-0.15, -0.1) is 0 Å². The maximum absolute atomic E-state index is 11.8. The fourth-order valence-corrected chi connectivity index (χ4v) is 2.65. The van der Waals surface area contributed by atoms with Gasteiger partial charge in [-0.25, -0.2) is 4.98 Å². The number of ether oxygens (including phenoxy) is 1. The Morgan fingerprint density at radius 3 is 2.67 bits per heavy atom. The van der Waals surface area contributed by atoms with Crippen molar-refractivity contribution >= 4 is 21.7 Å². The second kappa shape index (κ2) is 4.59. The van der Waals surface area contributed by atoms with Crippen LogP contribution in [0.1, 0.15) is 26.0 Å². The molecule has 0 spiro atoms. The summed E-state index contributed by atoms with van der Waals surface area (Å²) in [5, 5.41) is 0. The number of carbonyl (C=O) groups is 1. The molecule has 0 amide bonds. The molecule has 1 aromatic heterocycles. The van der Waals surface area contributed by atoms with Crippen LogP contribution in [0.25, 0.3) is 0 Å². The number of allylic oxidation sites excluding steroid dienone is 1. The Kier molecular flexibility index (Phi) is 3.43. The Morgan fingerprint density at radius 1 is 1.39 bits per heavy atom. The molecule has 1 heterocycles. The van der Waals surface area contributed by atoms with Gasteiger partial charge >= 0.3 is 0 Å². The van der Waals surface area contributed by atoms with Crippen LogP contribution in [0.5, 0.6) is 0 Å². The van der Waals surface area contributed by atoms with Gasteiger partial charge in [0.05, 0.1) is 5.69 Å². The number of halogens is 1. The number of pyridine rings is 1. The molecule has 0 saturated carbocycles. The highest BCUT2D eigenvalue weighted by atomic mass is 79.9. The summed E-state index contributed by atoms with van der Waals surface area (Å²) >= 11 is 3.36. The molecular formula is C14H16BrNO2. The fraction of sp³-hybridized carbons (Fsp3) is 0.429. The van der Waals surface area contributed by atoms with Crippen molar-refractivity contribution in [2.45, 2.75) is 25.9 Å². The van der Waals surface area contributed by atoms with Crippen LogP contribution in [-0.2, 0) is 15.1 Å². The number of nitrogens with zero attached hydrogens (tertiary/aromatic N) is 1. The second-order valence-corrected chi connectivity index (χ2v) is 6.01. The molecule has 3 nitrogen and oxygen atoms in total. The van der Waals surface area contributed by atoms with Gasteiger partial charge in [0.1, 0.15) is 10.2 Å². The number of methoxy groups -OCH3 is 1. The highest BCUT2D eigenvalue weighted by molar-refractivity contribution is 9.10. The second-order valence-electron chi connectivity index (χ2n) is 5.20. The molecule has 0 fully saturated rings. The van der Waals surface area contributed by atoms with Crippen molar-refractivity contribution in [3.8, 4) is 0 Å². The van der Waals surface area contributed by atoms with E-state index in [4.69, 9.17) is 4.74 Å². The van der Waals surface area contributed by atoms with Crippen molar-refractivity contribution in [2.24, 2.45) is 5.41 Å². The Balaban J connectivity index is 2.50. The quantitative estimate of drug-likeness (QED) is 0.787. The van der Waals surface area contributed by atoms with Gasteiger partial charge in [-0.1, -0.05) is 19.9 Å². The standard InChI is InChI=1S/C14H16BrNO2/c1-13(2)9-14(18-3,8-7-11(13)17)10-5-4-6-12(15)16-10/h4-8H,9H2,1-3H3. The van der Waals surface area contributed by atoms with Crippen molar-refractivity contribution in [3.63, 3.8) is 0 Å². The Morgan fingerprint density at radius 2 is 2.11 bits per heavy atom. The van der Waals surface area contributed by atoms with Gasteiger partial charge in [0.25, 0.3) is 0 Å². The SMILES string of the molecule is COC1(c2cccc(Br)n2)C=CC(=O)C(C)(C)C1. The van der Waals surface area contributed by atoms with Crippen LogP contribution in [-0.4, -0.2) is 17.9 Å². The van der Waals surface area contributed by atoms with Crippen LogP contribution in [0.2, 0.25) is 0 Å². The van der Waals surface area contributed by atoms with Crippen LogP contribution in [0.4, 0.5) is 0 Å². The number of ketones is 1. The van der Waals surface area contributed by atoms with Crippen LogP contribution < -0.4 is 0 Å². The molecule has 96 valence electrons. The third-order valence-electron chi connectivity index (χ3n) is 3.39. The van der Waals surface area contributed by atoms with E-state index < -0.39 is 11.0 Å². The Hall–Kier alpha value is -1.00. The third-order valence-corrected chi connectivity index (χ3v) is 3.83. The Bertz CT molecular complexity index is 510. The zero-order valence-electron chi connectivity index (χ0n) is 10.7. The lowest BCUT2D eigenvalue weighted by Gasteiger charge is -2.38. The number of hydrogen-bond donors (Lipinski definition) is 0. The highest BCUT2D eigenvalue weighted by Gasteiger charge is 2.43. The first kappa shape index (κ1) is 13.4. The number of hydrogen-bond acceptors (Lipinski definition) is 3. The maximum Gasteiger partial charge on any atom is 0.161 e. The molecule has 4 heteroatoms. The Labute approximate surface area is 115 Å². The topological polar surface area (TPSA) is 39.2 Å². The van der Waals surface area contributed by atoms with E-state index in [9.17, 15) is 4.79 Å². The molecule has 0 aromatic carbocycles. The van der Waals surface area contributed by atoms with E-state index in [0.717, 1.165) is 10.3 Å². The molecule has 0 aliphatic heterocycles. The molecule has 1 aliphatic carbocycles. The minimum absolute atomic E-state index is 0.130. The van der Waals surface area contributed by atoms with E-state index >= 15 is 0 Å². The summed E-state index contributed by atoms with van der Waals surface area (Å²) in [6.45, 7) is 3.87. The molecule has 1 aliphatic rings. The minimum atomic E-state index is -0.624. The zero-order valence-corrected chi connectivity index (χ0v) is 12.3. The van der Waals surface area contributed by atoms with Crippen molar-refractivity contribution < 1.29 is 9.53 Å². The third kappa shape index (κ3) is 2.27. The summed E-state index contributed by atoms with van der Waals surface area (Å²) in [5.74, 6) is 0.130. The summed E-state index contributed by atoms with van der Waals surface area (Å²) in [7, 11) is 1.65. The smallest absolute Gasteiger partial charge is 0.161 e. The van der Waals surface area contributed by atoms with Gasteiger partial charge in [0.15, 0.2) is 5.78 Å². The molecule has 0 saturated heterocycles. The molecule has 18 heavy (non-hydrogen) atoms. The van der Waals surface area contributed by atoms with Crippen LogP contribution in [0.3, 0.4) is 0 Å². The maximum atomic E-state index is 11.8.